The highest BCUT2D eigenvalue weighted by atomic mass is 32.1. The third-order valence-corrected chi connectivity index (χ3v) is 10.0. The predicted octanol–water partition coefficient (Wildman–Crippen LogP) is 6.03. The van der Waals surface area contributed by atoms with E-state index < -0.39 is 5.97 Å². The van der Waals surface area contributed by atoms with E-state index in [4.69, 9.17) is 24.2 Å². The Morgan fingerprint density at radius 3 is 2.65 bits per heavy atom. The van der Waals surface area contributed by atoms with E-state index in [1.54, 1.807) is 23.5 Å². The van der Waals surface area contributed by atoms with Gasteiger partial charge in [0.15, 0.2) is 17.6 Å². The number of ether oxygens (including phenoxy) is 3. The SMILES string of the molecule is O=C(O)c1ccc2nc(CN3CCC(c4cccc5c4OC[C@@H](c4nc6ccccc6s4)O5)CC3)n(C[C@@H]3CCO3)c2c1. The molecule has 0 radical (unpaired) electrons. The number of nitrogens with zero attached hydrogens (tertiary/aromatic N) is 4. The summed E-state index contributed by atoms with van der Waals surface area (Å²) in [6.07, 6.45) is 2.97. The number of carboxylic acid groups (broad SMARTS) is 1. The lowest BCUT2D eigenvalue weighted by molar-refractivity contribution is -0.0592. The molecule has 9 nitrogen and oxygen atoms in total. The largest absolute Gasteiger partial charge is 0.485 e. The van der Waals surface area contributed by atoms with Crippen molar-refractivity contribution in [3.05, 3.63) is 82.6 Å². The molecule has 3 aromatic carbocycles. The highest BCUT2D eigenvalue weighted by molar-refractivity contribution is 7.18. The van der Waals surface area contributed by atoms with E-state index in [0.717, 1.165) is 82.5 Å². The van der Waals surface area contributed by atoms with Gasteiger partial charge in [-0.25, -0.2) is 14.8 Å². The van der Waals surface area contributed by atoms with Gasteiger partial charge in [0.05, 0.1) is 46.0 Å². The van der Waals surface area contributed by atoms with Crippen LogP contribution in [0.4, 0.5) is 0 Å². The summed E-state index contributed by atoms with van der Waals surface area (Å²) in [5.74, 6) is 2.08. The molecule has 0 unspecified atom stereocenters. The Labute approximate surface area is 252 Å². The standard InChI is InChI=1S/C33H32N4O5S/c38-33(39)21-8-9-24-26(16-21)37(17-22-12-15-40-22)30(34-24)18-36-13-10-20(11-14-36)23-4-3-6-27-31(23)41-19-28(42-27)32-35-25-5-1-2-7-29(25)43-32/h1-9,16,20,22,28H,10-15,17-19H2,(H,38,39)/t22-,28-/m0/s1. The molecule has 1 N–H and O–H groups in total. The Kier molecular flexibility index (Phi) is 6.77. The molecule has 8 rings (SSSR count). The number of carbonyl (C=O) groups is 1. The van der Waals surface area contributed by atoms with Crippen molar-refractivity contribution in [2.24, 2.45) is 0 Å². The van der Waals surface area contributed by atoms with Crippen LogP contribution in [0.1, 0.15) is 58.0 Å². The zero-order valence-corrected chi connectivity index (χ0v) is 24.5. The van der Waals surface area contributed by atoms with Gasteiger partial charge in [-0.1, -0.05) is 24.3 Å². The minimum atomic E-state index is -0.928. The lowest BCUT2D eigenvalue weighted by atomic mass is 9.88. The summed E-state index contributed by atoms with van der Waals surface area (Å²) in [7, 11) is 0. The van der Waals surface area contributed by atoms with Gasteiger partial charge in [0.2, 0.25) is 0 Å². The van der Waals surface area contributed by atoms with E-state index in [0.29, 0.717) is 25.6 Å². The summed E-state index contributed by atoms with van der Waals surface area (Å²) < 4.78 is 21.9. The second-order valence-electron chi connectivity index (χ2n) is 11.6. The Hall–Kier alpha value is -3.99. The second-order valence-corrected chi connectivity index (χ2v) is 12.7. The van der Waals surface area contributed by atoms with Crippen molar-refractivity contribution in [3.63, 3.8) is 0 Å². The number of hydrogen-bond donors (Lipinski definition) is 1. The topological polar surface area (TPSA) is 98.9 Å². The predicted molar refractivity (Wildman–Crippen MR) is 163 cm³/mol. The van der Waals surface area contributed by atoms with Gasteiger partial charge in [-0.15, -0.1) is 11.3 Å². The molecule has 2 aromatic heterocycles. The fourth-order valence-electron chi connectivity index (χ4n) is 6.46. The molecule has 0 saturated carbocycles. The summed E-state index contributed by atoms with van der Waals surface area (Å²) in [4.78, 5) is 23.8. The van der Waals surface area contributed by atoms with Crippen LogP contribution in [0, 0.1) is 0 Å². The van der Waals surface area contributed by atoms with Crippen LogP contribution in [0.15, 0.2) is 60.7 Å². The first-order chi connectivity index (χ1) is 21.1. The maximum Gasteiger partial charge on any atom is 0.335 e. The van der Waals surface area contributed by atoms with Gasteiger partial charge in [-0.05, 0) is 74.7 Å². The highest BCUT2D eigenvalue weighted by Gasteiger charge is 2.31. The van der Waals surface area contributed by atoms with E-state index in [9.17, 15) is 9.90 Å². The van der Waals surface area contributed by atoms with E-state index >= 15 is 0 Å². The van der Waals surface area contributed by atoms with Crippen LogP contribution in [0.3, 0.4) is 0 Å². The lowest BCUT2D eigenvalue weighted by Gasteiger charge is -2.34. The number of imidazole rings is 1. The van der Waals surface area contributed by atoms with Crippen molar-refractivity contribution < 1.29 is 24.1 Å². The Morgan fingerprint density at radius 2 is 1.86 bits per heavy atom. The summed E-state index contributed by atoms with van der Waals surface area (Å²) in [5, 5.41) is 10.5. The maximum absolute atomic E-state index is 11.6. The van der Waals surface area contributed by atoms with Crippen LogP contribution in [0.2, 0.25) is 0 Å². The number of carboxylic acids is 1. The molecular weight excluding hydrogens is 564 g/mol. The summed E-state index contributed by atoms with van der Waals surface area (Å²) in [6, 6.07) is 19.6. The van der Waals surface area contributed by atoms with Crippen molar-refractivity contribution in [1.82, 2.24) is 19.4 Å². The van der Waals surface area contributed by atoms with Crippen molar-refractivity contribution in [3.8, 4) is 11.5 Å². The van der Waals surface area contributed by atoms with Gasteiger partial charge >= 0.3 is 5.97 Å². The average Bonchev–Trinajstić information content (AvgIpc) is 3.59. The number of aromatic carboxylic acids is 1. The Balaban J connectivity index is 0.969. The van der Waals surface area contributed by atoms with Crippen molar-refractivity contribution in [1.29, 1.82) is 0 Å². The third-order valence-electron chi connectivity index (χ3n) is 8.89. The molecule has 0 aliphatic carbocycles. The molecule has 10 heteroatoms. The van der Waals surface area contributed by atoms with Gasteiger partial charge in [0.1, 0.15) is 17.4 Å². The van der Waals surface area contributed by atoms with Crippen LogP contribution >= 0.6 is 11.3 Å². The first kappa shape index (κ1) is 26.6. The molecule has 0 bridgehead atoms. The number of likely N-dealkylation sites (tertiary alicyclic amines) is 1. The number of thiazole rings is 1. The van der Waals surface area contributed by atoms with Crippen LogP contribution in [0.5, 0.6) is 11.5 Å². The minimum Gasteiger partial charge on any atom is -0.485 e. The molecule has 2 fully saturated rings. The lowest BCUT2D eigenvalue weighted by Crippen LogP contribution is -2.35. The Morgan fingerprint density at radius 1 is 1.00 bits per heavy atom. The van der Waals surface area contributed by atoms with E-state index in [-0.39, 0.29) is 17.8 Å². The van der Waals surface area contributed by atoms with Gasteiger partial charge in [-0.2, -0.15) is 0 Å². The van der Waals surface area contributed by atoms with Crippen molar-refractivity contribution >= 4 is 38.6 Å². The zero-order chi connectivity index (χ0) is 28.9. The number of rotatable bonds is 7. The Bertz CT molecular complexity index is 1790. The monoisotopic (exact) mass is 596 g/mol. The first-order valence-corrected chi connectivity index (χ1v) is 15.7. The number of hydrogen-bond acceptors (Lipinski definition) is 8. The van der Waals surface area contributed by atoms with Crippen molar-refractivity contribution in [2.45, 2.75) is 50.5 Å². The molecule has 2 saturated heterocycles. The van der Waals surface area contributed by atoms with Crippen LogP contribution in [0.25, 0.3) is 21.3 Å². The molecule has 5 heterocycles. The quantitative estimate of drug-likeness (QED) is 0.243. The van der Waals surface area contributed by atoms with Gasteiger partial charge < -0.3 is 23.9 Å². The molecule has 2 atom stereocenters. The summed E-state index contributed by atoms with van der Waals surface area (Å²) in [5.41, 5.74) is 4.17. The van der Waals surface area contributed by atoms with Crippen LogP contribution in [-0.2, 0) is 17.8 Å². The molecule has 3 aliphatic heterocycles. The maximum atomic E-state index is 11.6. The molecule has 3 aliphatic rings. The van der Waals surface area contributed by atoms with Crippen LogP contribution < -0.4 is 9.47 Å². The van der Waals surface area contributed by atoms with Crippen LogP contribution in [-0.4, -0.2) is 62.9 Å². The van der Waals surface area contributed by atoms with Crippen molar-refractivity contribution in [2.75, 3.05) is 26.3 Å². The smallest absolute Gasteiger partial charge is 0.335 e. The van der Waals surface area contributed by atoms with E-state index in [2.05, 4.69) is 27.7 Å². The molecule has 0 amide bonds. The number of piperidine rings is 1. The zero-order valence-electron chi connectivity index (χ0n) is 23.6. The number of benzene rings is 3. The minimum absolute atomic E-state index is 0.149. The number of fused-ring (bicyclic) bond motifs is 3. The number of para-hydroxylation sites is 2. The number of aromatic nitrogens is 3. The molecular formula is C33H32N4O5S. The summed E-state index contributed by atoms with van der Waals surface area (Å²) in [6.45, 7) is 4.51. The van der Waals surface area contributed by atoms with Gasteiger partial charge in [0, 0.05) is 12.2 Å². The average molecular weight is 597 g/mol. The molecule has 220 valence electrons. The van der Waals surface area contributed by atoms with Gasteiger partial charge in [0.25, 0.3) is 0 Å². The first-order valence-electron chi connectivity index (χ1n) is 14.9. The normalized spacial score (nSPS) is 20.8. The second kappa shape index (κ2) is 10.9. The molecule has 5 aromatic rings. The fourth-order valence-corrected chi connectivity index (χ4v) is 7.44. The highest BCUT2D eigenvalue weighted by Crippen LogP contribution is 2.45. The molecule has 0 spiro atoms. The fraction of sp³-hybridized carbons (Fsp3) is 0.364. The van der Waals surface area contributed by atoms with E-state index in [1.807, 2.05) is 30.3 Å². The summed E-state index contributed by atoms with van der Waals surface area (Å²) >= 11 is 1.66. The van der Waals surface area contributed by atoms with E-state index in [1.165, 1.54) is 5.56 Å². The van der Waals surface area contributed by atoms with Gasteiger partial charge in [-0.3, -0.25) is 4.90 Å². The molecule has 43 heavy (non-hydrogen) atoms. The third kappa shape index (κ3) is 5.03.